The number of rotatable bonds is 9. The maximum Gasteiger partial charge on any atom is 0.408 e. The second-order valence-electron chi connectivity index (χ2n) is 8.55. The molecule has 0 spiro atoms. The number of nitrogens with one attached hydrogen (secondary N) is 2. The maximum absolute atomic E-state index is 13.3. The number of carbonyl (C=O) groups excluding carboxylic acids is 2. The Morgan fingerprint density at radius 1 is 0.971 bits per heavy atom. The van der Waals surface area contributed by atoms with Crippen molar-refractivity contribution >= 4 is 35.4 Å². The lowest BCUT2D eigenvalue weighted by molar-refractivity contribution is -0.123. The Bertz CT molecular complexity index is 1120. The van der Waals surface area contributed by atoms with Crippen molar-refractivity contribution in [3.8, 4) is 0 Å². The second kappa shape index (κ2) is 12.7. The number of hydrogen-bond acceptors (Lipinski definition) is 4. The van der Waals surface area contributed by atoms with Gasteiger partial charge in [-0.2, -0.15) is 11.8 Å². The molecule has 182 valence electrons. The van der Waals surface area contributed by atoms with Gasteiger partial charge >= 0.3 is 6.09 Å². The average Bonchev–Trinajstić information content (AvgIpc) is 2.88. The van der Waals surface area contributed by atoms with Crippen LogP contribution in [0.2, 0.25) is 5.02 Å². The molecule has 3 aromatic carbocycles. The van der Waals surface area contributed by atoms with E-state index in [1.807, 2.05) is 30.3 Å². The molecular weight excluding hydrogens is 480 g/mol. The number of fused-ring (bicyclic) bond motifs is 1. The average molecular weight is 509 g/mol. The van der Waals surface area contributed by atoms with Crippen molar-refractivity contribution in [2.75, 3.05) is 5.75 Å². The van der Waals surface area contributed by atoms with E-state index in [-0.39, 0.29) is 18.6 Å². The van der Waals surface area contributed by atoms with Gasteiger partial charge in [-0.15, -0.1) is 0 Å². The first-order chi connectivity index (χ1) is 17.1. The summed E-state index contributed by atoms with van der Waals surface area (Å²) in [5.41, 5.74) is 4.42. The normalized spacial score (nSPS) is 15.5. The molecular formula is C28H29ClN2O3S. The van der Waals surface area contributed by atoms with Crippen LogP contribution in [-0.2, 0) is 28.3 Å². The van der Waals surface area contributed by atoms with Gasteiger partial charge in [-0.05, 0) is 53.6 Å². The third-order valence-corrected chi connectivity index (χ3v) is 7.33. The predicted molar refractivity (Wildman–Crippen MR) is 141 cm³/mol. The smallest absolute Gasteiger partial charge is 0.408 e. The molecule has 0 heterocycles. The summed E-state index contributed by atoms with van der Waals surface area (Å²) in [6, 6.07) is 24.6. The SMILES string of the molecule is O=C(NC(CSCc1ccccc1)C(=O)NC1CCCc2ccccc21)OCc1ccc(Cl)cc1. The van der Waals surface area contributed by atoms with Gasteiger partial charge in [0, 0.05) is 16.5 Å². The van der Waals surface area contributed by atoms with E-state index in [4.69, 9.17) is 16.3 Å². The zero-order valence-corrected chi connectivity index (χ0v) is 21.0. The third-order valence-electron chi connectivity index (χ3n) is 5.97. The summed E-state index contributed by atoms with van der Waals surface area (Å²) in [5.74, 6) is 0.986. The molecule has 2 amide bonds. The highest BCUT2D eigenvalue weighted by atomic mass is 35.5. The van der Waals surface area contributed by atoms with E-state index in [1.165, 1.54) is 11.1 Å². The monoisotopic (exact) mass is 508 g/mol. The number of ether oxygens (including phenoxy) is 1. The molecule has 0 saturated heterocycles. The number of aryl methyl sites for hydroxylation is 1. The molecule has 7 heteroatoms. The molecule has 0 aliphatic heterocycles. The molecule has 35 heavy (non-hydrogen) atoms. The van der Waals surface area contributed by atoms with Crippen molar-refractivity contribution in [3.63, 3.8) is 0 Å². The zero-order valence-electron chi connectivity index (χ0n) is 19.4. The standard InChI is InChI=1S/C28H29ClN2O3S/c29-23-15-13-20(14-16-23)17-34-28(33)31-26(19-35-18-21-7-2-1-3-8-21)27(32)30-25-12-6-10-22-9-4-5-11-24(22)25/h1-5,7-9,11,13-16,25-26H,6,10,12,17-19H2,(H,30,32)(H,31,33). The van der Waals surface area contributed by atoms with Gasteiger partial charge in [0.1, 0.15) is 12.6 Å². The largest absolute Gasteiger partial charge is 0.445 e. The van der Waals surface area contributed by atoms with Crippen molar-refractivity contribution in [1.29, 1.82) is 0 Å². The van der Waals surface area contributed by atoms with Gasteiger partial charge in [0.15, 0.2) is 0 Å². The van der Waals surface area contributed by atoms with E-state index in [1.54, 1.807) is 36.0 Å². The van der Waals surface area contributed by atoms with Gasteiger partial charge in [-0.3, -0.25) is 4.79 Å². The first kappa shape index (κ1) is 25.1. The van der Waals surface area contributed by atoms with Crippen molar-refractivity contribution in [3.05, 3.63) is 106 Å². The van der Waals surface area contributed by atoms with Crippen LogP contribution in [0.3, 0.4) is 0 Å². The molecule has 0 aromatic heterocycles. The van der Waals surface area contributed by atoms with Crippen LogP contribution in [0.5, 0.6) is 0 Å². The number of halogens is 1. The topological polar surface area (TPSA) is 67.4 Å². The molecule has 1 aliphatic rings. The van der Waals surface area contributed by atoms with Crippen LogP contribution < -0.4 is 10.6 Å². The minimum absolute atomic E-state index is 0.0547. The van der Waals surface area contributed by atoms with Gasteiger partial charge in [-0.25, -0.2) is 4.79 Å². The van der Waals surface area contributed by atoms with Gasteiger partial charge in [0.05, 0.1) is 6.04 Å². The van der Waals surface area contributed by atoms with E-state index in [0.29, 0.717) is 10.8 Å². The Morgan fingerprint density at radius 2 is 1.71 bits per heavy atom. The summed E-state index contributed by atoms with van der Waals surface area (Å²) in [6.45, 7) is 0.102. The Hall–Kier alpha value is -2.96. The van der Waals surface area contributed by atoms with Gasteiger partial charge < -0.3 is 15.4 Å². The molecule has 0 bridgehead atoms. The molecule has 4 rings (SSSR count). The number of amides is 2. The highest BCUT2D eigenvalue weighted by molar-refractivity contribution is 7.98. The number of hydrogen-bond donors (Lipinski definition) is 2. The fraction of sp³-hybridized carbons (Fsp3) is 0.286. The van der Waals surface area contributed by atoms with Gasteiger partial charge in [0.2, 0.25) is 5.91 Å². The molecule has 3 aromatic rings. The molecule has 5 nitrogen and oxygen atoms in total. The summed E-state index contributed by atoms with van der Waals surface area (Å²) in [5, 5.41) is 6.57. The summed E-state index contributed by atoms with van der Waals surface area (Å²) >= 11 is 7.52. The fourth-order valence-corrected chi connectivity index (χ4v) is 5.28. The zero-order chi connectivity index (χ0) is 24.5. The van der Waals surface area contributed by atoms with Crippen LogP contribution in [0.15, 0.2) is 78.9 Å². The number of alkyl carbamates (subject to hydrolysis) is 1. The lowest BCUT2D eigenvalue weighted by atomic mass is 9.87. The number of benzene rings is 3. The Kier molecular flexibility index (Phi) is 9.09. The van der Waals surface area contributed by atoms with Crippen LogP contribution in [0.1, 0.15) is 41.1 Å². The van der Waals surface area contributed by atoms with Crippen molar-refractivity contribution < 1.29 is 14.3 Å². The van der Waals surface area contributed by atoms with Gasteiger partial charge in [-0.1, -0.05) is 78.3 Å². The Morgan fingerprint density at radius 3 is 2.51 bits per heavy atom. The van der Waals surface area contributed by atoms with E-state index in [0.717, 1.165) is 36.1 Å². The Labute approximate surface area is 215 Å². The van der Waals surface area contributed by atoms with Crippen molar-refractivity contribution in [1.82, 2.24) is 10.6 Å². The maximum atomic E-state index is 13.3. The predicted octanol–water partition coefficient (Wildman–Crippen LogP) is 6.06. The van der Waals surface area contributed by atoms with E-state index < -0.39 is 12.1 Å². The highest BCUT2D eigenvalue weighted by Crippen LogP contribution is 2.29. The van der Waals surface area contributed by atoms with Crippen LogP contribution >= 0.6 is 23.4 Å². The first-order valence-corrected chi connectivity index (χ1v) is 13.3. The second-order valence-corrected chi connectivity index (χ2v) is 10.0. The van der Waals surface area contributed by atoms with Crippen LogP contribution in [0.25, 0.3) is 0 Å². The lowest BCUT2D eigenvalue weighted by Gasteiger charge is -2.28. The molecule has 2 unspecified atom stereocenters. The molecule has 0 fully saturated rings. The minimum atomic E-state index is -0.712. The minimum Gasteiger partial charge on any atom is -0.445 e. The Balaban J connectivity index is 1.38. The highest BCUT2D eigenvalue weighted by Gasteiger charge is 2.27. The summed E-state index contributed by atoms with van der Waals surface area (Å²) in [4.78, 5) is 25.9. The molecule has 0 radical (unpaired) electrons. The fourth-order valence-electron chi connectivity index (χ4n) is 4.14. The van der Waals surface area contributed by atoms with E-state index in [2.05, 4.69) is 34.9 Å². The summed E-state index contributed by atoms with van der Waals surface area (Å²) in [7, 11) is 0. The molecule has 2 atom stereocenters. The van der Waals surface area contributed by atoms with Crippen LogP contribution in [0, 0.1) is 0 Å². The third kappa shape index (κ3) is 7.51. The number of thioether (sulfide) groups is 1. The lowest BCUT2D eigenvalue weighted by Crippen LogP contribution is -2.49. The van der Waals surface area contributed by atoms with E-state index >= 15 is 0 Å². The number of carbonyl (C=O) groups is 2. The molecule has 1 aliphatic carbocycles. The molecule has 2 N–H and O–H groups in total. The molecule has 0 saturated carbocycles. The van der Waals surface area contributed by atoms with Gasteiger partial charge in [0.25, 0.3) is 0 Å². The van der Waals surface area contributed by atoms with Crippen LogP contribution in [0.4, 0.5) is 4.79 Å². The first-order valence-electron chi connectivity index (χ1n) is 11.8. The van der Waals surface area contributed by atoms with Crippen molar-refractivity contribution in [2.45, 2.75) is 43.7 Å². The van der Waals surface area contributed by atoms with E-state index in [9.17, 15) is 9.59 Å². The quantitative estimate of drug-likeness (QED) is 0.368. The van der Waals surface area contributed by atoms with Crippen LogP contribution in [-0.4, -0.2) is 23.8 Å². The van der Waals surface area contributed by atoms with Crippen molar-refractivity contribution in [2.24, 2.45) is 0 Å². The summed E-state index contributed by atoms with van der Waals surface area (Å²) in [6.07, 6.45) is 2.30. The summed E-state index contributed by atoms with van der Waals surface area (Å²) < 4.78 is 5.38.